The summed E-state index contributed by atoms with van der Waals surface area (Å²) in [5.74, 6) is -0.457. The van der Waals surface area contributed by atoms with Gasteiger partial charge in [0.1, 0.15) is 6.04 Å². The van der Waals surface area contributed by atoms with Crippen LogP contribution in [0.4, 0.5) is 0 Å². The van der Waals surface area contributed by atoms with Crippen molar-refractivity contribution in [2.45, 2.75) is 19.9 Å². The molecule has 0 bridgehead atoms. The molecule has 0 saturated heterocycles. The number of carbonyl (C=O) groups is 1. The van der Waals surface area contributed by atoms with Crippen molar-refractivity contribution in [3.05, 3.63) is 126 Å². The van der Waals surface area contributed by atoms with Crippen molar-refractivity contribution >= 4 is 34.7 Å². The second-order valence-corrected chi connectivity index (χ2v) is 10.9. The van der Waals surface area contributed by atoms with Crippen molar-refractivity contribution in [1.29, 1.82) is 0 Å². The van der Waals surface area contributed by atoms with Crippen LogP contribution in [0.2, 0.25) is 0 Å². The number of thiazole rings is 1. The number of nitrogens with zero attached hydrogens (tertiary/aromatic N) is 4. The highest BCUT2D eigenvalue weighted by atomic mass is 32.1. The number of hydrogen-bond acceptors (Lipinski definition) is 7. The average Bonchev–Trinajstić information content (AvgIpc) is 3.70. The summed E-state index contributed by atoms with van der Waals surface area (Å²) in [6.07, 6.45) is 3.80. The fourth-order valence-corrected chi connectivity index (χ4v) is 6.54. The van der Waals surface area contributed by atoms with Crippen LogP contribution in [0.25, 0.3) is 23.0 Å². The maximum Gasteiger partial charge on any atom is 0.338 e. The lowest BCUT2D eigenvalue weighted by molar-refractivity contribution is -0.139. The van der Waals surface area contributed by atoms with Gasteiger partial charge in [0.25, 0.3) is 5.56 Å². The Morgan fingerprint density at radius 2 is 1.79 bits per heavy atom. The van der Waals surface area contributed by atoms with Gasteiger partial charge in [0, 0.05) is 22.2 Å². The molecule has 1 aliphatic heterocycles. The topological polar surface area (TPSA) is 78.5 Å². The van der Waals surface area contributed by atoms with Crippen molar-refractivity contribution in [2.24, 2.45) is 4.99 Å². The molecule has 1 aliphatic rings. The zero-order valence-electron chi connectivity index (χ0n) is 21.3. The number of benzene rings is 2. The first-order chi connectivity index (χ1) is 19.0. The number of carbonyl (C=O) groups excluding carboxylic acids is 1. The minimum absolute atomic E-state index is 0.210. The van der Waals surface area contributed by atoms with Gasteiger partial charge in [-0.3, -0.25) is 9.36 Å². The summed E-state index contributed by atoms with van der Waals surface area (Å²) < 4.78 is 9.31. The minimum Gasteiger partial charge on any atom is -0.463 e. The average molecular weight is 553 g/mol. The summed E-state index contributed by atoms with van der Waals surface area (Å²) in [6.45, 7) is 3.80. The van der Waals surface area contributed by atoms with Gasteiger partial charge in [-0.15, -0.1) is 11.3 Å². The smallest absolute Gasteiger partial charge is 0.338 e. The van der Waals surface area contributed by atoms with Gasteiger partial charge in [0.15, 0.2) is 4.80 Å². The van der Waals surface area contributed by atoms with Crippen LogP contribution in [0.1, 0.15) is 30.3 Å². The maximum atomic E-state index is 14.0. The molecule has 0 amide bonds. The molecular weight excluding hydrogens is 528 g/mol. The first-order valence-electron chi connectivity index (χ1n) is 12.5. The largest absolute Gasteiger partial charge is 0.463 e. The van der Waals surface area contributed by atoms with Crippen molar-refractivity contribution in [1.82, 2.24) is 14.3 Å². The monoisotopic (exact) mass is 552 g/mol. The number of ether oxygens (including phenoxy) is 1. The van der Waals surface area contributed by atoms with E-state index in [2.05, 4.69) is 4.99 Å². The van der Waals surface area contributed by atoms with Crippen LogP contribution in [0.5, 0.6) is 0 Å². The molecule has 4 heterocycles. The zero-order chi connectivity index (χ0) is 26.9. The molecular formula is C30H24N4O3S2. The van der Waals surface area contributed by atoms with Gasteiger partial charge < -0.3 is 4.74 Å². The maximum absolute atomic E-state index is 14.0. The number of aromatic nitrogens is 3. The summed E-state index contributed by atoms with van der Waals surface area (Å²) in [5, 5.41) is 6.81. The fraction of sp³-hybridized carbons (Fsp3) is 0.133. The summed E-state index contributed by atoms with van der Waals surface area (Å²) in [4.78, 5) is 33.1. The Labute approximate surface area is 232 Å². The normalized spacial score (nSPS) is 15.2. The highest BCUT2D eigenvalue weighted by Gasteiger charge is 2.34. The number of esters is 1. The molecule has 5 aromatic rings. The summed E-state index contributed by atoms with van der Waals surface area (Å²) in [6, 6.07) is 23.0. The lowest BCUT2D eigenvalue weighted by Gasteiger charge is -2.23. The van der Waals surface area contributed by atoms with E-state index in [0.717, 1.165) is 27.4 Å². The van der Waals surface area contributed by atoms with Gasteiger partial charge in [-0.1, -0.05) is 65.9 Å². The van der Waals surface area contributed by atoms with Gasteiger partial charge in [-0.2, -0.15) is 5.10 Å². The van der Waals surface area contributed by atoms with Crippen molar-refractivity contribution in [2.75, 3.05) is 6.61 Å². The molecule has 0 aliphatic carbocycles. The summed E-state index contributed by atoms with van der Waals surface area (Å²) in [5.41, 5.74) is 4.18. The molecule has 0 spiro atoms. The summed E-state index contributed by atoms with van der Waals surface area (Å²) >= 11 is 2.80. The molecule has 0 radical (unpaired) electrons. The number of hydrogen-bond donors (Lipinski definition) is 0. The van der Waals surface area contributed by atoms with Gasteiger partial charge in [-0.05, 0) is 43.5 Å². The van der Waals surface area contributed by atoms with Crippen LogP contribution in [0.15, 0.2) is 105 Å². The molecule has 0 saturated carbocycles. The fourth-order valence-electron chi connectivity index (χ4n) is 4.68. The highest BCUT2D eigenvalue weighted by molar-refractivity contribution is 7.10. The van der Waals surface area contributed by atoms with Crippen LogP contribution in [-0.4, -0.2) is 26.9 Å². The van der Waals surface area contributed by atoms with E-state index in [9.17, 15) is 9.59 Å². The van der Waals surface area contributed by atoms with E-state index in [1.807, 2.05) is 95.1 Å². The third-order valence-electron chi connectivity index (χ3n) is 6.43. The quantitative estimate of drug-likeness (QED) is 0.286. The first-order valence-corrected chi connectivity index (χ1v) is 14.2. The standard InChI is InChI=1S/C30H24N4O3S2/c1-3-37-29(36)25-19(2)31-30-34(27(25)23-15-10-16-38-23)28(35)24(39-30)17-21-18-33(22-13-8-5-9-14-22)32-26(21)20-11-6-4-7-12-20/h4-18,27H,3H2,1-2H3/t27-/m0/s1. The molecule has 194 valence electrons. The van der Waals surface area contributed by atoms with E-state index < -0.39 is 12.0 Å². The molecule has 1 atom stereocenters. The third kappa shape index (κ3) is 4.60. The Bertz CT molecular complexity index is 1870. The van der Waals surface area contributed by atoms with Gasteiger partial charge in [0.2, 0.25) is 0 Å². The second-order valence-electron chi connectivity index (χ2n) is 8.90. The molecule has 0 unspecified atom stereocenters. The Morgan fingerprint density at radius 3 is 2.49 bits per heavy atom. The molecule has 6 rings (SSSR count). The van der Waals surface area contributed by atoms with Crippen LogP contribution in [0.3, 0.4) is 0 Å². The van der Waals surface area contributed by atoms with Crippen molar-refractivity contribution in [3.63, 3.8) is 0 Å². The van der Waals surface area contributed by atoms with Gasteiger partial charge in [-0.25, -0.2) is 14.5 Å². The van der Waals surface area contributed by atoms with Crippen LogP contribution >= 0.6 is 22.7 Å². The molecule has 7 nitrogen and oxygen atoms in total. The number of para-hydroxylation sites is 1. The number of thiophene rings is 1. The van der Waals surface area contributed by atoms with E-state index in [-0.39, 0.29) is 12.2 Å². The number of allylic oxidation sites excluding steroid dienone is 1. The van der Waals surface area contributed by atoms with E-state index >= 15 is 0 Å². The Kier molecular flexibility index (Phi) is 6.68. The minimum atomic E-state index is -0.594. The van der Waals surface area contributed by atoms with Crippen LogP contribution in [0, 0.1) is 0 Å². The zero-order valence-corrected chi connectivity index (χ0v) is 22.9. The lowest BCUT2D eigenvalue weighted by Crippen LogP contribution is -2.39. The SMILES string of the molecule is CCOC(=O)C1=C(C)N=c2sc(=Cc3cn(-c4ccccc4)nc3-c3ccccc3)c(=O)n2[C@H]1c1cccs1. The number of rotatable bonds is 6. The third-order valence-corrected chi connectivity index (χ3v) is 8.33. The predicted octanol–water partition coefficient (Wildman–Crippen LogP) is 4.71. The lowest BCUT2D eigenvalue weighted by atomic mass is 10.0. The van der Waals surface area contributed by atoms with Crippen LogP contribution in [-0.2, 0) is 9.53 Å². The highest BCUT2D eigenvalue weighted by Crippen LogP contribution is 2.33. The second kappa shape index (κ2) is 10.4. The Balaban J connectivity index is 1.55. The molecule has 2 aromatic carbocycles. The Hall–Kier alpha value is -4.34. The first kappa shape index (κ1) is 25.0. The molecule has 0 N–H and O–H groups in total. The molecule has 9 heteroatoms. The van der Waals surface area contributed by atoms with Crippen LogP contribution < -0.4 is 14.9 Å². The van der Waals surface area contributed by atoms with E-state index in [1.54, 1.807) is 18.4 Å². The van der Waals surface area contributed by atoms with E-state index in [4.69, 9.17) is 9.84 Å². The van der Waals surface area contributed by atoms with Gasteiger partial charge >= 0.3 is 5.97 Å². The summed E-state index contributed by atoms with van der Waals surface area (Å²) in [7, 11) is 0. The van der Waals surface area contributed by atoms with Crippen molar-refractivity contribution < 1.29 is 9.53 Å². The van der Waals surface area contributed by atoms with E-state index in [0.29, 0.717) is 20.6 Å². The number of fused-ring (bicyclic) bond motifs is 1. The predicted molar refractivity (Wildman–Crippen MR) is 154 cm³/mol. The molecule has 3 aromatic heterocycles. The van der Waals surface area contributed by atoms with Crippen molar-refractivity contribution in [3.8, 4) is 16.9 Å². The molecule has 39 heavy (non-hydrogen) atoms. The Morgan fingerprint density at radius 1 is 1.05 bits per heavy atom. The molecule has 0 fully saturated rings. The van der Waals surface area contributed by atoms with E-state index in [1.165, 1.54) is 22.7 Å². The van der Waals surface area contributed by atoms with Gasteiger partial charge in [0.05, 0.1) is 33.8 Å².